The summed E-state index contributed by atoms with van der Waals surface area (Å²) in [6.45, 7) is 1.28. The maximum absolute atomic E-state index is 12.4. The zero-order valence-electron chi connectivity index (χ0n) is 12.0. The third kappa shape index (κ3) is 3.29. The van der Waals surface area contributed by atoms with Crippen molar-refractivity contribution in [3.63, 3.8) is 0 Å². The molecule has 2 aromatic rings. The summed E-state index contributed by atoms with van der Waals surface area (Å²) in [6.07, 6.45) is 0. The number of benzene rings is 2. The van der Waals surface area contributed by atoms with Gasteiger partial charge in [-0.2, -0.15) is 0 Å². The highest BCUT2D eigenvalue weighted by molar-refractivity contribution is 9.11. The molecule has 0 saturated carbocycles. The molecule has 1 heterocycles. The van der Waals surface area contributed by atoms with E-state index < -0.39 is 0 Å². The van der Waals surface area contributed by atoms with Crippen molar-refractivity contribution >= 4 is 21.9 Å². The first kappa shape index (κ1) is 15.0. The average Bonchev–Trinajstić information content (AvgIpc) is 2.56. The maximum Gasteiger partial charge on any atom is 0.333 e. The van der Waals surface area contributed by atoms with Crippen LogP contribution in [0.3, 0.4) is 0 Å². The molecule has 0 N–H and O–H groups in total. The number of morpholine rings is 1. The Morgan fingerprint density at radius 1 is 1.09 bits per heavy atom. The fourth-order valence-corrected chi connectivity index (χ4v) is 2.90. The first-order chi connectivity index (χ1) is 10.8. The SMILES string of the molecule is O=C1O/C(=C/Br)CN(Cc2ccccc2)[C@H]1c1ccccc1. The molecular formula is C18H16BrNO2. The van der Waals surface area contributed by atoms with E-state index in [0.717, 1.165) is 5.56 Å². The van der Waals surface area contributed by atoms with Gasteiger partial charge in [-0.3, -0.25) is 4.90 Å². The maximum atomic E-state index is 12.4. The van der Waals surface area contributed by atoms with Crippen molar-refractivity contribution in [2.24, 2.45) is 0 Å². The van der Waals surface area contributed by atoms with E-state index in [2.05, 4.69) is 33.0 Å². The molecule has 2 aromatic carbocycles. The minimum atomic E-state index is -0.377. The number of hydrogen-bond donors (Lipinski definition) is 0. The Morgan fingerprint density at radius 3 is 2.36 bits per heavy atom. The van der Waals surface area contributed by atoms with Gasteiger partial charge in [0.15, 0.2) is 0 Å². The molecule has 0 spiro atoms. The molecule has 0 unspecified atom stereocenters. The summed E-state index contributed by atoms with van der Waals surface area (Å²) < 4.78 is 5.40. The predicted molar refractivity (Wildman–Crippen MR) is 89.1 cm³/mol. The Kier molecular flexibility index (Phi) is 4.71. The number of ether oxygens (including phenoxy) is 1. The molecule has 1 saturated heterocycles. The lowest BCUT2D eigenvalue weighted by Crippen LogP contribution is -2.41. The van der Waals surface area contributed by atoms with Gasteiger partial charge in [0.05, 0.1) is 6.54 Å². The third-order valence-corrected chi connectivity index (χ3v) is 4.16. The number of esters is 1. The highest BCUT2D eigenvalue weighted by Crippen LogP contribution is 2.30. The summed E-state index contributed by atoms with van der Waals surface area (Å²) >= 11 is 3.26. The predicted octanol–water partition coefficient (Wildman–Crippen LogP) is 4.02. The highest BCUT2D eigenvalue weighted by atomic mass is 79.9. The quantitative estimate of drug-likeness (QED) is 0.776. The van der Waals surface area contributed by atoms with E-state index in [-0.39, 0.29) is 12.0 Å². The molecule has 0 bridgehead atoms. The van der Waals surface area contributed by atoms with Crippen molar-refractivity contribution in [2.45, 2.75) is 12.6 Å². The molecular weight excluding hydrogens is 342 g/mol. The smallest absolute Gasteiger partial charge is 0.333 e. The Balaban J connectivity index is 1.92. The van der Waals surface area contributed by atoms with Crippen LogP contribution in [0.4, 0.5) is 0 Å². The first-order valence-corrected chi connectivity index (χ1v) is 8.03. The van der Waals surface area contributed by atoms with Gasteiger partial charge in [-0.15, -0.1) is 0 Å². The van der Waals surface area contributed by atoms with E-state index in [0.29, 0.717) is 18.8 Å². The average molecular weight is 358 g/mol. The molecule has 0 amide bonds. The Morgan fingerprint density at radius 2 is 1.73 bits per heavy atom. The number of nitrogens with zero attached hydrogens (tertiary/aromatic N) is 1. The minimum absolute atomic E-state index is 0.237. The zero-order valence-corrected chi connectivity index (χ0v) is 13.6. The first-order valence-electron chi connectivity index (χ1n) is 7.12. The number of cyclic esters (lactones) is 1. The summed E-state index contributed by atoms with van der Waals surface area (Å²) in [7, 11) is 0. The van der Waals surface area contributed by atoms with Crippen LogP contribution < -0.4 is 0 Å². The van der Waals surface area contributed by atoms with Crippen LogP contribution in [0.15, 0.2) is 71.4 Å². The number of rotatable bonds is 3. The molecule has 0 aromatic heterocycles. The third-order valence-electron chi connectivity index (χ3n) is 3.64. The van der Waals surface area contributed by atoms with Crippen molar-refractivity contribution in [1.82, 2.24) is 4.90 Å². The molecule has 1 aliphatic rings. The van der Waals surface area contributed by atoms with Gasteiger partial charge in [0, 0.05) is 11.5 Å². The molecule has 1 atom stereocenters. The lowest BCUT2D eigenvalue weighted by atomic mass is 10.0. The van der Waals surface area contributed by atoms with Gasteiger partial charge < -0.3 is 4.74 Å². The van der Waals surface area contributed by atoms with Crippen molar-refractivity contribution in [3.05, 3.63) is 82.5 Å². The van der Waals surface area contributed by atoms with Gasteiger partial charge in [-0.05, 0) is 11.1 Å². The van der Waals surface area contributed by atoms with Gasteiger partial charge in [0.25, 0.3) is 0 Å². The molecule has 112 valence electrons. The van der Waals surface area contributed by atoms with E-state index in [1.807, 2.05) is 48.5 Å². The van der Waals surface area contributed by atoms with Crippen LogP contribution in [0.1, 0.15) is 17.2 Å². The Hall–Kier alpha value is -1.91. The van der Waals surface area contributed by atoms with Gasteiger partial charge in [-0.1, -0.05) is 76.6 Å². The second-order valence-electron chi connectivity index (χ2n) is 5.20. The summed E-state index contributed by atoms with van der Waals surface area (Å²) in [5.74, 6) is 0.396. The number of carbonyl (C=O) groups excluding carboxylic acids is 1. The molecule has 3 rings (SSSR count). The van der Waals surface area contributed by atoms with Crippen LogP contribution in [0.5, 0.6) is 0 Å². The molecule has 22 heavy (non-hydrogen) atoms. The Labute approximate surface area is 138 Å². The standard InChI is InChI=1S/C18H16BrNO2/c19-11-16-13-20(12-14-7-3-1-4-8-14)17(18(21)22-16)15-9-5-2-6-10-15/h1-11,17H,12-13H2/b16-11+/t17-/m0/s1. The van der Waals surface area contributed by atoms with Crippen molar-refractivity contribution < 1.29 is 9.53 Å². The summed E-state index contributed by atoms with van der Waals surface area (Å²) in [5.41, 5.74) is 2.13. The van der Waals surface area contributed by atoms with Gasteiger partial charge in [-0.25, -0.2) is 4.79 Å². The molecule has 0 aliphatic carbocycles. The van der Waals surface area contributed by atoms with Crippen LogP contribution in [0, 0.1) is 0 Å². The van der Waals surface area contributed by atoms with Gasteiger partial charge in [0.2, 0.25) is 0 Å². The van der Waals surface area contributed by atoms with E-state index in [4.69, 9.17) is 4.74 Å². The van der Waals surface area contributed by atoms with Crippen LogP contribution in [0.25, 0.3) is 0 Å². The molecule has 1 fully saturated rings. The molecule has 1 aliphatic heterocycles. The van der Waals surface area contributed by atoms with Crippen LogP contribution >= 0.6 is 15.9 Å². The fourth-order valence-electron chi connectivity index (χ4n) is 2.66. The molecule has 4 heteroatoms. The number of halogens is 1. The van der Waals surface area contributed by atoms with Gasteiger partial charge in [0.1, 0.15) is 11.8 Å². The normalized spacial score (nSPS) is 20.9. The van der Waals surface area contributed by atoms with Crippen LogP contribution in [0.2, 0.25) is 0 Å². The second kappa shape index (κ2) is 6.90. The minimum Gasteiger partial charge on any atom is -0.428 e. The lowest BCUT2D eigenvalue weighted by molar-refractivity contribution is -0.151. The number of hydrogen-bond acceptors (Lipinski definition) is 3. The Bertz CT molecular complexity index is 670. The summed E-state index contributed by atoms with van der Waals surface area (Å²) in [4.78, 5) is 16.2. The van der Waals surface area contributed by atoms with Gasteiger partial charge >= 0.3 is 5.97 Å². The zero-order chi connectivity index (χ0) is 15.4. The summed E-state index contributed by atoms with van der Waals surface area (Å²) in [5, 5.41) is 0. The van der Waals surface area contributed by atoms with E-state index in [9.17, 15) is 4.79 Å². The molecule has 0 radical (unpaired) electrons. The summed E-state index contributed by atoms with van der Waals surface area (Å²) in [6, 6.07) is 19.5. The number of carbonyl (C=O) groups is 1. The molecule has 3 nitrogen and oxygen atoms in total. The van der Waals surface area contributed by atoms with Crippen molar-refractivity contribution in [3.8, 4) is 0 Å². The van der Waals surface area contributed by atoms with Crippen molar-refractivity contribution in [1.29, 1.82) is 0 Å². The lowest BCUT2D eigenvalue weighted by Gasteiger charge is -2.35. The largest absolute Gasteiger partial charge is 0.428 e. The monoisotopic (exact) mass is 357 g/mol. The second-order valence-corrected chi connectivity index (χ2v) is 5.66. The van der Waals surface area contributed by atoms with Crippen molar-refractivity contribution in [2.75, 3.05) is 6.54 Å². The highest BCUT2D eigenvalue weighted by Gasteiger charge is 2.35. The van der Waals surface area contributed by atoms with Crippen LogP contribution in [-0.2, 0) is 16.1 Å². The van der Waals surface area contributed by atoms with E-state index in [1.165, 1.54) is 5.56 Å². The van der Waals surface area contributed by atoms with E-state index >= 15 is 0 Å². The topological polar surface area (TPSA) is 29.5 Å². The van der Waals surface area contributed by atoms with E-state index in [1.54, 1.807) is 4.99 Å². The van der Waals surface area contributed by atoms with Crippen LogP contribution in [-0.4, -0.2) is 17.4 Å². The fraction of sp³-hybridized carbons (Fsp3) is 0.167.